The molecule has 0 bridgehead atoms. The molecule has 7 heteroatoms. The second-order valence-electron chi connectivity index (χ2n) is 4.59. The maximum Gasteiger partial charge on any atom is 0.417 e. The van der Waals surface area contributed by atoms with Gasteiger partial charge in [-0.3, -0.25) is 0 Å². The molecule has 0 radical (unpaired) electrons. The van der Waals surface area contributed by atoms with Crippen molar-refractivity contribution in [3.63, 3.8) is 0 Å². The molecule has 2 rings (SSSR count). The van der Waals surface area contributed by atoms with Crippen molar-refractivity contribution in [3.05, 3.63) is 46.7 Å². The molecular weight excluding hydrogens is 303 g/mol. The van der Waals surface area contributed by atoms with Gasteiger partial charge in [-0.25, -0.2) is 4.68 Å². The van der Waals surface area contributed by atoms with E-state index in [0.29, 0.717) is 12.2 Å². The topological polar surface area (TPSA) is 29.9 Å². The molecule has 3 nitrogen and oxygen atoms in total. The monoisotopic (exact) mass is 317 g/mol. The standard InChI is InChI=1S/C14H15ClF3N3/c1-2-6-19-9-10-5-7-21(20-10)11-3-4-13(15)12(8-11)14(16,17)18/h3-5,7-8,19H,2,6,9H2,1H3. The van der Waals surface area contributed by atoms with E-state index in [9.17, 15) is 13.2 Å². The first-order valence-electron chi connectivity index (χ1n) is 6.54. The van der Waals surface area contributed by atoms with Crippen LogP contribution in [0.15, 0.2) is 30.5 Å². The molecule has 0 saturated heterocycles. The average molecular weight is 318 g/mol. The largest absolute Gasteiger partial charge is 0.417 e. The lowest BCUT2D eigenvalue weighted by molar-refractivity contribution is -0.137. The molecule has 1 N–H and O–H groups in total. The number of benzene rings is 1. The summed E-state index contributed by atoms with van der Waals surface area (Å²) < 4.78 is 39.9. The van der Waals surface area contributed by atoms with Crippen LogP contribution in [0.2, 0.25) is 5.02 Å². The molecule has 2 aromatic rings. The van der Waals surface area contributed by atoms with Gasteiger partial charge in [-0.05, 0) is 37.2 Å². The van der Waals surface area contributed by atoms with Crippen molar-refractivity contribution in [2.24, 2.45) is 0 Å². The summed E-state index contributed by atoms with van der Waals surface area (Å²) in [6.45, 7) is 3.50. The molecule has 114 valence electrons. The van der Waals surface area contributed by atoms with Gasteiger partial charge < -0.3 is 5.32 Å². The van der Waals surface area contributed by atoms with Crippen molar-refractivity contribution in [2.75, 3.05) is 6.54 Å². The number of hydrogen-bond donors (Lipinski definition) is 1. The smallest absolute Gasteiger partial charge is 0.311 e. The number of halogens is 4. The molecule has 1 heterocycles. The molecule has 0 aliphatic rings. The molecule has 21 heavy (non-hydrogen) atoms. The highest BCUT2D eigenvalue weighted by Crippen LogP contribution is 2.35. The highest BCUT2D eigenvalue weighted by molar-refractivity contribution is 6.31. The fourth-order valence-corrected chi connectivity index (χ4v) is 2.09. The third-order valence-corrected chi connectivity index (χ3v) is 3.23. The van der Waals surface area contributed by atoms with Gasteiger partial charge in [-0.15, -0.1) is 0 Å². The minimum absolute atomic E-state index is 0.316. The number of nitrogens with one attached hydrogen (secondary N) is 1. The van der Waals surface area contributed by atoms with Crippen LogP contribution >= 0.6 is 11.6 Å². The number of aromatic nitrogens is 2. The van der Waals surface area contributed by atoms with E-state index in [-0.39, 0.29) is 5.02 Å². The molecule has 0 unspecified atom stereocenters. The molecule has 1 aromatic heterocycles. The summed E-state index contributed by atoms with van der Waals surface area (Å²) in [4.78, 5) is 0. The maximum absolute atomic E-state index is 12.8. The first kappa shape index (κ1) is 15.9. The number of nitrogens with zero attached hydrogens (tertiary/aromatic N) is 2. The van der Waals surface area contributed by atoms with Crippen LogP contribution in [0.25, 0.3) is 5.69 Å². The van der Waals surface area contributed by atoms with Crippen LogP contribution in [0.4, 0.5) is 13.2 Å². The van der Waals surface area contributed by atoms with Crippen molar-refractivity contribution >= 4 is 11.6 Å². The summed E-state index contributed by atoms with van der Waals surface area (Å²) in [5.74, 6) is 0. The molecule has 0 aliphatic carbocycles. The van der Waals surface area contributed by atoms with Crippen LogP contribution in [0.5, 0.6) is 0 Å². The van der Waals surface area contributed by atoms with Gasteiger partial charge in [0.2, 0.25) is 0 Å². The number of rotatable bonds is 5. The maximum atomic E-state index is 12.8. The zero-order chi connectivity index (χ0) is 15.5. The van der Waals surface area contributed by atoms with Crippen LogP contribution in [-0.2, 0) is 12.7 Å². The molecule has 0 atom stereocenters. The summed E-state index contributed by atoms with van der Waals surface area (Å²) in [5, 5.41) is 7.12. The highest BCUT2D eigenvalue weighted by Gasteiger charge is 2.33. The minimum atomic E-state index is -4.48. The molecule has 0 aliphatic heterocycles. The first-order chi connectivity index (χ1) is 9.91. The Balaban J connectivity index is 2.22. The third kappa shape index (κ3) is 3.98. The molecular formula is C14H15ClF3N3. The second kappa shape index (κ2) is 6.49. The van der Waals surface area contributed by atoms with Gasteiger partial charge >= 0.3 is 6.18 Å². The molecule has 1 aromatic carbocycles. The fourth-order valence-electron chi connectivity index (χ4n) is 1.87. The Morgan fingerprint density at radius 3 is 2.71 bits per heavy atom. The van der Waals surface area contributed by atoms with Crippen molar-refractivity contribution in [2.45, 2.75) is 26.1 Å². The summed E-state index contributed by atoms with van der Waals surface area (Å²) >= 11 is 5.60. The van der Waals surface area contributed by atoms with Gasteiger partial charge in [0, 0.05) is 12.7 Å². The minimum Gasteiger partial charge on any atom is -0.311 e. The Morgan fingerprint density at radius 2 is 2.05 bits per heavy atom. The summed E-state index contributed by atoms with van der Waals surface area (Å²) in [5.41, 5.74) is 0.239. The van der Waals surface area contributed by atoms with E-state index >= 15 is 0 Å². The number of alkyl halides is 3. The van der Waals surface area contributed by atoms with Crippen LogP contribution in [0, 0.1) is 0 Å². The van der Waals surface area contributed by atoms with Gasteiger partial charge in [0.25, 0.3) is 0 Å². The lowest BCUT2D eigenvalue weighted by atomic mass is 10.2. The van der Waals surface area contributed by atoms with E-state index in [1.54, 1.807) is 12.3 Å². The second-order valence-corrected chi connectivity index (χ2v) is 5.00. The van der Waals surface area contributed by atoms with E-state index in [0.717, 1.165) is 24.7 Å². The fraction of sp³-hybridized carbons (Fsp3) is 0.357. The van der Waals surface area contributed by atoms with E-state index in [2.05, 4.69) is 17.3 Å². The first-order valence-corrected chi connectivity index (χ1v) is 6.92. The Bertz CT molecular complexity index is 608. The molecule has 0 fully saturated rings. The van der Waals surface area contributed by atoms with Crippen LogP contribution in [0.3, 0.4) is 0 Å². The van der Waals surface area contributed by atoms with Gasteiger partial charge in [-0.2, -0.15) is 18.3 Å². The van der Waals surface area contributed by atoms with Gasteiger partial charge in [-0.1, -0.05) is 18.5 Å². The summed E-state index contributed by atoms with van der Waals surface area (Å²) in [6, 6.07) is 5.51. The van der Waals surface area contributed by atoms with E-state index in [1.807, 2.05) is 0 Å². The Morgan fingerprint density at radius 1 is 1.29 bits per heavy atom. The predicted octanol–water partition coefficient (Wildman–Crippen LogP) is 4.04. The SMILES string of the molecule is CCCNCc1ccn(-c2ccc(Cl)c(C(F)(F)F)c2)n1. The van der Waals surface area contributed by atoms with Crippen LogP contribution in [-0.4, -0.2) is 16.3 Å². The molecule has 0 amide bonds. The third-order valence-electron chi connectivity index (χ3n) is 2.90. The van der Waals surface area contributed by atoms with Gasteiger partial charge in [0.1, 0.15) is 0 Å². The molecule has 0 saturated carbocycles. The van der Waals surface area contributed by atoms with Gasteiger partial charge in [0.05, 0.1) is 22.0 Å². The van der Waals surface area contributed by atoms with E-state index < -0.39 is 11.7 Å². The van der Waals surface area contributed by atoms with Crippen molar-refractivity contribution in [1.29, 1.82) is 0 Å². The zero-order valence-electron chi connectivity index (χ0n) is 11.4. The van der Waals surface area contributed by atoms with Crippen molar-refractivity contribution < 1.29 is 13.2 Å². The lowest BCUT2D eigenvalue weighted by Crippen LogP contribution is -2.14. The highest BCUT2D eigenvalue weighted by atomic mass is 35.5. The van der Waals surface area contributed by atoms with Crippen LogP contribution in [0.1, 0.15) is 24.6 Å². The molecule has 0 spiro atoms. The predicted molar refractivity (Wildman–Crippen MR) is 75.6 cm³/mol. The number of hydrogen-bond acceptors (Lipinski definition) is 2. The zero-order valence-corrected chi connectivity index (χ0v) is 12.2. The summed E-state index contributed by atoms with van der Waals surface area (Å²) in [7, 11) is 0. The van der Waals surface area contributed by atoms with E-state index in [4.69, 9.17) is 11.6 Å². The Labute approximate surface area is 125 Å². The normalized spacial score (nSPS) is 11.9. The quantitative estimate of drug-likeness (QED) is 0.843. The van der Waals surface area contributed by atoms with E-state index in [1.165, 1.54) is 16.8 Å². The average Bonchev–Trinajstić information content (AvgIpc) is 2.87. The lowest BCUT2D eigenvalue weighted by Gasteiger charge is -2.11. The van der Waals surface area contributed by atoms with Gasteiger partial charge in [0.15, 0.2) is 0 Å². The van der Waals surface area contributed by atoms with Crippen molar-refractivity contribution in [1.82, 2.24) is 15.1 Å². The Hall–Kier alpha value is -1.53. The van der Waals surface area contributed by atoms with Crippen LogP contribution < -0.4 is 5.32 Å². The van der Waals surface area contributed by atoms with Crippen molar-refractivity contribution in [3.8, 4) is 5.69 Å². The summed E-state index contributed by atoms with van der Waals surface area (Å²) in [6.07, 6.45) is -1.84. The Kier molecular flexibility index (Phi) is 4.90.